The van der Waals surface area contributed by atoms with E-state index in [1.165, 1.54) is 66.8 Å². The molecule has 466 valence electrons. The number of nitrogens with zero attached hydrogens (tertiary/aromatic N) is 2. The van der Waals surface area contributed by atoms with Gasteiger partial charge in [-0.15, -0.1) is 0 Å². The second kappa shape index (κ2) is 27.9. The van der Waals surface area contributed by atoms with Gasteiger partial charge in [-0.1, -0.05) is 161 Å². The number of benzene rings is 5. The van der Waals surface area contributed by atoms with E-state index in [1.807, 2.05) is 0 Å². The van der Waals surface area contributed by atoms with Gasteiger partial charge < -0.3 is 40.7 Å². The molecule has 0 bridgehead atoms. The average Bonchev–Trinajstić information content (AvgIpc) is 1.76. The Hall–Kier alpha value is -5.12. The van der Waals surface area contributed by atoms with Gasteiger partial charge in [-0.2, -0.15) is 5.26 Å². The number of rotatable bonds is 8. The third-order valence-corrected chi connectivity index (χ3v) is 18.3. The van der Waals surface area contributed by atoms with Gasteiger partial charge in [0.05, 0.1) is 32.5 Å². The number of ether oxygens (including phenoxy) is 2. The number of aliphatic hydroxyl groups is 1. The molecule has 5 N–H and O–H groups in total. The SMILES string of the molecule is CC(C)c1cc(C#N)c2c(c1)CN(C)CC2(C)C.CC(C)c1cc(CO)c2c(c1)CNCC2(C)C.CC(C)c1cc(F)c2c(c1)CNCC2(C)C.COc1cc(C(C)C)cc2c1C(C)(C)CNC2.COc1cc(C(C)C)cc2c1C(C)(C)NCC2. The number of aliphatic hydroxyl groups excluding tert-OH is 1. The lowest BCUT2D eigenvalue weighted by molar-refractivity contribution is 0.235. The van der Waals surface area contributed by atoms with Crippen molar-refractivity contribution in [3.05, 3.63) is 161 Å². The van der Waals surface area contributed by atoms with E-state index in [-0.39, 0.29) is 39.6 Å². The minimum atomic E-state index is -0.104. The summed E-state index contributed by atoms with van der Waals surface area (Å²) in [6, 6.07) is 24.2. The van der Waals surface area contributed by atoms with E-state index in [2.05, 4.69) is 232 Å². The summed E-state index contributed by atoms with van der Waals surface area (Å²) in [5.74, 6) is 4.50. The van der Waals surface area contributed by atoms with Gasteiger partial charge in [-0.25, -0.2) is 4.39 Å². The van der Waals surface area contributed by atoms with Gasteiger partial charge in [-0.05, 0) is 166 Å². The van der Waals surface area contributed by atoms with Gasteiger partial charge in [0.2, 0.25) is 0 Å². The summed E-state index contributed by atoms with van der Waals surface area (Å²) < 4.78 is 25.4. The van der Waals surface area contributed by atoms with Gasteiger partial charge in [0, 0.05) is 90.7 Å². The van der Waals surface area contributed by atoms with Crippen LogP contribution in [0.15, 0.2) is 60.7 Å². The van der Waals surface area contributed by atoms with Crippen LogP contribution in [0.1, 0.15) is 263 Å². The van der Waals surface area contributed by atoms with E-state index in [1.54, 1.807) is 20.3 Å². The van der Waals surface area contributed by atoms with Crippen LogP contribution >= 0.6 is 0 Å². The molecular weight excluding hydrogens is 1050 g/mol. The lowest BCUT2D eigenvalue weighted by Crippen LogP contribution is -2.42. The minimum absolute atomic E-state index is 0.00837. The average molecular weight is 1160 g/mol. The maximum atomic E-state index is 14.2. The van der Waals surface area contributed by atoms with Crippen molar-refractivity contribution in [1.82, 2.24) is 26.2 Å². The van der Waals surface area contributed by atoms with Crippen molar-refractivity contribution < 1.29 is 19.0 Å². The highest BCUT2D eigenvalue weighted by Crippen LogP contribution is 2.42. The summed E-state index contributed by atoms with van der Waals surface area (Å²) in [7, 11) is 5.70. The van der Waals surface area contributed by atoms with E-state index in [0.29, 0.717) is 29.6 Å². The maximum absolute atomic E-state index is 14.2. The lowest BCUT2D eigenvalue weighted by atomic mass is 9.75. The normalized spacial score (nSPS) is 18.3. The number of hydrogen-bond donors (Lipinski definition) is 5. The molecular formula is C75H111FN6O3. The molecule has 0 spiro atoms. The fraction of sp³-hybridized carbons (Fsp3) is 0.587. The predicted octanol–water partition coefficient (Wildman–Crippen LogP) is 15.8. The Bertz CT molecular complexity index is 2910. The zero-order chi connectivity index (χ0) is 63.3. The van der Waals surface area contributed by atoms with E-state index in [0.717, 1.165) is 105 Å². The molecule has 0 saturated carbocycles. The van der Waals surface area contributed by atoms with Gasteiger partial charge in [-0.3, -0.25) is 0 Å². The highest BCUT2D eigenvalue weighted by molar-refractivity contribution is 5.53. The largest absolute Gasteiger partial charge is 0.496 e. The molecule has 0 unspecified atom stereocenters. The van der Waals surface area contributed by atoms with E-state index in [4.69, 9.17) is 9.47 Å². The molecule has 85 heavy (non-hydrogen) atoms. The summed E-state index contributed by atoms with van der Waals surface area (Å²) in [5.41, 5.74) is 21.5. The van der Waals surface area contributed by atoms with Crippen LogP contribution in [-0.4, -0.2) is 64.0 Å². The van der Waals surface area contributed by atoms with Crippen molar-refractivity contribution in [1.29, 1.82) is 5.26 Å². The Labute approximate surface area is 515 Å². The molecule has 9 nitrogen and oxygen atoms in total. The third-order valence-electron chi connectivity index (χ3n) is 18.3. The number of likely N-dealkylation sites (N-methyl/N-ethyl adjacent to an activating group) is 1. The van der Waals surface area contributed by atoms with Gasteiger partial charge >= 0.3 is 0 Å². The first-order valence-corrected chi connectivity index (χ1v) is 31.8. The van der Waals surface area contributed by atoms with Crippen molar-refractivity contribution in [2.45, 2.75) is 234 Å². The lowest BCUT2D eigenvalue weighted by Gasteiger charge is -2.39. The standard InChI is InChI=1S/C16H22N2.3C15H23NO.C14H20FN/c1-11(2)12-6-13(8-17)15-14(7-12)9-18(5)10-16(15,3)4;1-10(2)11-6-12-8-16-9-15(3,4)14(12)13(7-11)17-5;1-10(2)11-5-12-7-16-9-15(3,4)14(12)13(6-11)8-17;1-10(2)12-8-11-6-7-16-15(3,4)14(11)13(9-12)17-5;1-9(2)10-5-11-7-16-8-14(3,4)13(11)12(15)6-10/h6-7,11H,9-10H2,1-5H3;6-7,10,16H,8-9H2,1-5H3;5-6,10,16-17H,7-9H2,1-4H3;8-10,16H,6-7H2,1-5H3;5-6,9,16H,7-8H2,1-4H3. The fourth-order valence-electron chi connectivity index (χ4n) is 13.9. The summed E-state index contributed by atoms with van der Waals surface area (Å²) >= 11 is 0. The molecule has 0 amide bonds. The molecule has 0 saturated heterocycles. The van der Waals surface area contributed by atoms with Crippen LogP contribution in [-0.2, 0) is 66.4 Å². The summed E-state index contributed by atoms with van der Waals surface area (Å²) in [6.07, 6.45) is 1.09. The molecule has 5 aliphatic heterocycles. The number of methoxy groups -OCH3 is 2. The Morgan fingerprint density at radius 1 is 0.518 bits per heavy atom. The van der Waals surface area contributed by atoms with Crippen molar-refractivity contribution >= 4 is 0 Å². The van der Waals surface area contributed by atoms with Crippen LogP contribution in [0.25, 0.3) is 0 Å². The zero-order valence-electron chi connectivity index (χ0n) is 57.0. The van der Waals surface area contributed by atoms with Crippen LogP contribution in [0.5, 0.6) is 11.5 Å². The van der Waals surface area contributed by atoms with Crippen molar-refractivity contribution in [2.24, 2.45) is 0 Å². The van der Waals surface area contributed by atoms with E-state index < -0.39 is 0 Å². The quantitative estimate of drug-likeness (QED) is 0.104. The molecule has 5 heterocycles. The molecule has 5 aromatic rings. The maximum Gasteiger partial charge on any atom is 0.127 e. The molecule has 0 atom stereocenters. The number of nitrogens with one attached hydrogen (secondary N) is 4. The van der Waals surface area contributed by atoms with Gasteiger partial charge in [0.15, 0.2) is 0 Å². The van der Waals surface area contributed by atoms with Crippen LogP contribution < -0.4 is 30.7 Å². The van der Waals surface area contributed by atoms with Crippen LogP contribution in [0.4, 0.5) is 4.39 Å². The number of fused-ring (bicyclic) bond motifs is 5. The molecule has 5 aromatic carbocycles. The smallest absolute Gasteiger partial charge is 0.127 e. The molecule has 5 aliphatic rings. The number of halogens is 1. The molecule has 10 heteroatoms. The highest BCUT2D eigenvalue weighted by atomic mass is 19.1. The van der Waals surface area contributed by atoms with Crippen molar-refractivity contribution in [3.8, 4) is 17.6 Å². The molecule has 10 rings (SSSR count). The Morgan fingerprint density at radius 2 is 0.918 bits per heavy atom. The molecule has 0 fully saturated rings. The monoisotopic (exact) mass is 1160 g/mol. The van der Waals surface area contributed by atoms with E-state index in [9.17, 15) is 14.8 Å². The first-order chi connectivity index (χ1) is 39.6. The molecule has 0 aromatic heterocycles. The van der Waals surface area contributed by atoms with Gasteiger partial charge in [0.1, 0.15) is 17.3 Å². The van der Waals surface area contributed by atoms with E-state index >= 15 is 0 Å². The van der Waals surface area contributed by atoms with Crippen LogP contribution in [0, 0.1) is 17.1 Å². The topological polar surface area (TPSA) is 114 Å². The molecule has 0 radical (unpaired) electrons. The minimum Gasteiger partial charge on any atom is -0.496 e. The second-order valence-electron chi connectivity index (χ2n) is 29.7. The van der Waals surface area contributed by atoms with Crippen LogP contribution in [0.2, 0.25) is 0 Å². The summed E-state index contributed by atoms with van der Waals surface area (Å²) in [5, 5.41) is 32.9. The van der Waals surface area contributed by atoms with Crippen molar-refractivity contribution in [2.75, 3.05) is 54.0 Å². The first-order valence-electron chi connectivity index (χ1n) is 31.8. The first kappa shape index (κ1) is 69.0. The summed E-state index contributed by atoms with van der Waals surface area (Å²) in [6.45, 7) is 52.7. The zero-order valence-corrected chi connectivity index (χ0v) is 57.0. The fourth-order valence-corrected chi connectivity index (χ4v) is 13.9. The van der Waals surface area contributed by atoms with Gasteiger partial charge in [0.25, 0.3) is 0 Å². The van der Waals surface area contributed by atoms with Crippen molar-refractivity contribution in [3.63, 3.8) is 0 Å². The Balaban J connectivity index is 0.000000170. The highest BCUT2D eigenvalue weighted by Gasteiger charge is 2.36. The number of hydrogen-bond acceptors (Lipinski definition) is 9. The summed E-state index contributed by atoms with van der Waals surface area (Å²) in [4.78, 5) is 2.34. The molecule has 0 aliphatic carbocycles. The number of nitriles is 1. The van der Waals surface area contributed by atoms with Crippen LogP contribution in [0.3, 0.4) is 0 Å². The Morgan fingerprint density at radius 3 is 1.39 bits per heavy atom. The second-order valence-corrected chi connectivity index (χ2v) is 29.7. The Kier molecular flexibility index (Phi) is 22.7. The predicted molar refractivity (Wildman–Crippen MR) is 355 cm³/mol. The third kappa shape index (κ3) is 16.2.